The van der Waals surface area contributed by atoms with Gasteiger partial charge in [-0.3, -0.25) is 0 Å². The first-order valence-electron chi connectivity index (χ1n) is 3.41. The summed E-state index contributed by atoms with van der Waals surface area (Å²) in [5.41, 5.74) is -0.258. The van der Waals surface area contributed by atoms with Crippen LogP contribution < -0.4 is 5.32 Å². The van der Waals surface area contributed by atoms with Crippen molar-refractivity contribution >= 4 is 13.5 Å². The van der Waals surface area contributed by atoms with Gasteiger partial charge in [0.2, 0.25) is 0 Å². The van der Waals surface area contributed by atoms with Gasteiger partial charge in [0.25, 0.3) is 0 Å². The Bertz CT molecular complexity index is 140. The van der Waals surface area contributed by atoms with Crippen LogP contribution in [0.3, 0.4) is 0 Å². The van der Waals surface area contributed by atoms with Crippen molar-refractivity contribution in [2.75, 3.05) is 26.7 Å². The predicted molar refractivity (Wildman–Crippen MR) is 40.0 cm³/mol. The molecule has 1 unspecified atom stereocenters. The van der Waals surface area contributed by atoms with Crippen LogP contribution >= 0.6 is 0 Å². The number of nitrogens with zero attached hydrogens (tertiary/aromatic N) is 1. The molecule has 1 N–H and O–H groups in total. The number of nitrogens with one attached hydrogen (secondary N) is 1. The zero-order chi connectivity index (χ0) is 7.56. The number of hydrogen-bond donors (Lipinski definition) is 1. The normalized spacial score (nSPS) is 28.3. The van der Waals surface area contributed by atoms with Crippen molar-refractivity contribution in [1.29, 1.82) is 0 Å². The second-order valence-electron chi connectivity index (χ2n) is 2.67. The Morgan fingerprint density at radius 1 is 1.80 bits per heavy atom. The molecule has 1 aliphatic heterocycles. The second-order valence-corrected chi connectivity index (χ2v) is 2.67. The fraction of sp³-hybridized carbons (Fsp3) is 0.833. The summed E-state index contributed by atoms with van der Waals surface area (Å²) in [5, 5.41) is 3.03. The lowest BCUT2D eigenvalue weighted by Crippen LogP contribution is -2.52. The van der Waals surface area contributed by atoms with Gasteiger partial charge in [-0.25, -0.2) is 0 Å². The topological polar surface area (TPSA) is 32.3 Å². The van der Waals surface area contributed by atoms with Gasteiger partial charge in [-0.1, -0.05) is 0 Å². The van der Waals surface area contributed by atoms with Gasteiger partial charge in [0, 0.05) is 19.6 Å². The molecule has 0 saturated carbocycles. The van der Waals surface area contributed by atoms with E-state index in [4.69, 9.17) is 7.85 Å². The van der Waals surface area contributed by atoms with Gasteiger partial charge < -0.3 is 15.0 Å². The number of hydrogen-bond acceptors (Lipinski definition) is 3. The van der Waals surface area contributed by atoms with Gasteiger partial charge in [0.1, 0.15) is 0 Å². The van der Waals surface area contributed by atoms with Crippen molar-refractivity contribution in [1.82, 2.24) is 10.2 Å². The number of carbonyl (C=O) groups is 1. The third kappa shape index (κ3) is 1.82. The molecule has 1 saturated heterocycles. The summed E-state index contributed by atoms with van der Waals surface area (Å²) in [6.45, 7) is 2.57. The fourth-order valence-corrected chi connectivity index (χ4v) is 1.09. The van der Waals surface area contributed by atoms with E-state index in [1.54, 1.807) is 0 Å². The molecule has 1 atom stereocenters. The highest BCUT2D eigenvalue weighted by atomic mass is 16.1. The van der Waals surface area contributed by atoms with Crippen LogP contribution in [0.5, 0.6) is 0 Å². The van der Waals surface area contributed by atoms with Crippen LogP contribution in [0, 0.1) is 0 Å². The minimum atomic E-state index is -0.258. The largest absolute Gasteiger partial charge is 0.311 e. The molecule has 4 heteroatoms. The lowest BCUT2D eigenvalue weighted by molar-refractivity contribution is -0.114. The maximum atomic E-state index is 10.6. The van der Waals surface area contributed by atoms with Gasteiger partial charge >= 0.3 is 0 Å². The third-order valence-corrected chi connectivity index (χ3v) is 1.72. The van der Waals surface area contributed by atoms with E-state index >= 15 is 0 Å². The Labute approximate surface area is 62.2 Å². The molecule has 0 spiro atoms. The zero-order valence-electron chi connectivity index (χ0n) is 6.13. The average Bonchev–Trinajstić information content (AvgIpc) is 1.88. The molecule has 3 nitrogen and oxygen atoms in total. The Balaban J connectivity index is 2.39. The van der Waals surface area contributed by atoms with Crippen molar-refractivity contribution in [3.05, 3.63) is 0 Å². The Hall–Kier alpha value is -0.345. The van der Waals surface area contributed by atoms with Crippen molar-refractivity contribution in [3.8, 4) is 0 Å². The number of likely N-dealkylation sites (N-methyl/N-ethyl adjacent to an activating group) is 1. The van der Waals surface area contributed by atoms with Crippen LogP contribution in [-0.4, -0.2) is 51.2 Å². The van der Waals surface area contributed by atoms with Crippen LogP contribution in [0.25, 0.3) is 0 Å². The van der Waals surface area contributed by atoms with Crippen molar-refractivity contribution < 1.29 is 4.79 Å². The summed E-state index contributed by atoms with van der Waals surface area (Å²) in [6, 6.07) is -0.154. The van der Waals surface area contributed by atoms with E-state index in [1.807, 2.05) is 7.05 Å². The van der Waals surface area contributed by atoms with E-state index in [2.05, 4.69) is 10.2 Å². The summed E-state index contributed by atoms with van der Waals surface area (Å²) in [4.78, 5) is 12.7. The molecule has 0 aromatic heterocycles. The standard InChI is InChI=1S/C6H11BN2O/c1-9-3-2-8-5(4-9)6(7)10/h5,8H,2-4H2,1H3. The minimum Gasteiger partial charge on any atom is -0.311 e. The predicted octanol–water partition coefficient (Wildman–Crippen LogP) is -1.41. The SMILES string of the molecule is [B]C(=O)C1CN(C)CCN1. The molecule has 54 valence electrons. The van der Waals surface area contributed by atoms with E-state index < -0.39 is 0 Å². The number of carbonyl (C=O) groups excluding carboxylic acids is 1. The molecule has 1 fully saturated rings. The van der Waals surface area contributed by atoms with Crippen molar-refractivity contribution in [2.24, 2.45) is 0 Å². The number of rotatable bonds is 1. The van der Waals surface area contributed by atoms with Gasteiger partial charge in [0.15, 0.2) is 7.85 Å². The fourth-order valence-electron chi connectivity index (χ4n) is 1.09. The Kier molecular flexibility index (Phi) is 2.46. The molecule has 0 aromatic rings. The molecule has 1 heterocycles. The Morgan fingerprint density at radius 2 is 2.50 bits per heavy atom. The monoisotopic (exact) mass is 138 g/mol. The summed E-state index contributed by atoms with van der Waals surface area (Å²) in [5.74, 6) is 0. The zero-order valence-corrected chi connectivity index (χ0v) is 6.13. The first-order chi connectivity index (χ1) is 4.70. The molecule has 10 heavy (non-hydrogen) atoms. The molecule has 0 bridgehead atoms. The first kappa shape index (κ1) is 7.76. The third-order valence-electron chi connectivity index (χ3n) is 1.72. The van der Waals surface area contributed by atoms with Crippen molar-refractivity contribution in [2.45, 2.75) is 6.04 Å². The van der Waals surface area contributed by atoms with Crippen LogP contribution in [0.1, 0.15) is 0 Å². The maximum absolute atomic E-state index is 10.6. The number of piperazine rings is 1. The molecule has 2 radical (unpaired) electrons. The summed E-state index contributed by atoms with van der Waals surface area (Å²) in [7, 11) is 7.08. The quantitative estimate of drug-likeness (QED) is 0.451. The second kappa shape index (κ2) is 3.17. The molecule has 0 aromatic carbocycles. The van der Waals surface area contributed by atoms with Crippen LogP contribution in [-0.2, 0) is 4.79 Å². The molecule has 1 aliphatic rings. The summed E-state index contributed by atoms with van der Waals surface area (Å²) < 4.78 is 0. The van der Waals surface area contributed by atoms with Crippen molar-refractivity contribution in [3.63, 3.8) is 0 Å². The van der Waals surface area contributed by atoms with E-state index in [0.717, 1.165) is 19.6 Å². The highest BCUT2D eigenvalue weighted by molar-refractivity contribution is 6.59. The lowest BCUT2D eigenvalue weighted by Gasteiger charge is -2.29. The van der Waals surface area contributed by atoms with Gasteiger partial charge in [-0.2, -0.15) is 0 Å². The van der Waals surface area contributed by atoms with E-state index in [9.17, 15) is 4.79 Å². The van der Waals surface area contributed by atoms with E-state index in [1.165, 1.54) is 0 Å². The van der Waals surface area contributed by atoms with Gasteiger partial charge in [0.05, 0.1) is 11.7 Å². The van der Waals surface area contributed by atoms with Crippen LogP contribution in [0.2, 0.25) is 0 Å². The van der Waals surface area contributed by atoms with Gasteiger partial charge in [-0.05, 0) is 7.05 Å². The minimum absolute atomic E-state index is 0.154. The highest BCUT2D eigenvalue weighted by Gasteiger charge is 2.18. The Morgan fingerprint density at radius 3 is 2.90 bits per heavy atom. The van der Waals surface area contributed by atoms with Gasteiger partial charge in [-0.15, -0.1) is 0 Å². The van der Waals surface area contributed by atoms with Crippen LogP contribution in [0.4, 0.5) is 0 Å². The molecular weight excluding hydrogens is 127 g/mol. The summed E-state index contributed by atoms with van der Waals surface area (Å²) >= 11 is 0. The lowest BCUT2D eigenvalue weighted by atomic mass is 9.94. The highest BCUT2D eigenvalue weighted by Crippen LogP contribution is 1.94. The molecule has 0 amide bonds. The summed E-state index contributed by atoms with van der Waals surface area (Å²) in [6.07, 6.45) is 0. The first-order valence-corrected chi connectivity index (χ1v) is 3.41. The van der Waals surface area contributed by atoms with E-state index in [0.29, 0.717) is 0 Å². The maximum Gasteiger partial charge on any atom is 0.170 e. The van der Waals surface area contributed by atoms with Crippen LogP contribution in [0.15, 0.2) is 0 Å². The molecular formula is C6H11BN2O. The molecule has 1 rings (SSSR count). The molecule has 0 aliphatic carbocycles. The van der Waals surface area contributed by atoms with E-state index in [-0.39, 0.29) is 11.7 Å². The average molecular weight is 138 g/mol. The smallest absolute Gasteiger partial charge is 0.170 e.